The monoisotopic (exact) mass is 383 g/mol. The van der Waals surface area contributed by atoms with E-state index in [4.69, 9.17) is 0 Å². The van der Waals surface area contributed by atoms with Gasteiger partial charge in [-0.1, -0.05) is 90.6 Å². The first kappa shape index (κ1) is 18.3. The molecule has 1 unspecified atom stereocenters. The molecule has 0 aliphatic carbocycles. The minimum absolute atomic E-state index is 0.0698. The van der Waals surface area contributed by atoms with Crippen molar-refractivity contribution in [2.24, 2.45) is 0 Å². The smallest absolute Gasteiger partial charge is 0.252 e. The largest absolute Gasteiger partial charge is 0.336 e. The van der Waals surface area contributed by atoms with Crippen molar-refractivity contribution in [2.45, 2.75) is 17.2 Å². The van der Waals surface area contributed by atoms with Crippen LogP contribution in [0.5, 0.6) is 0 Å². The first-order valence-corrected chi connectivity index (χ1v) is 10.2. The van der Waals surface area contributed by atoms with Crippen LogP contribution in [0.3, 0.4) is 0 Å². The number of nitrogens with one attached hydrogen (secondary N) is 1. The highest BCUT2D eigenvalue weighted by Gasteiger charge is 2.20. The first-order chi connectivity index (χ1) is 13.7. The molecule has 0 heterocycles. The van der Waals surface area contributed by atoms with E-state index in [-0.39, 0.29) is 11.3 Å². The Morgan fingerprint density at radius 1 is 0.786 bits per heavy atom. The van der Waals surface area contributed by atoms with Crippen LogP contribution in [0.15, 0.2) is 102 Å². The number of amides is 1. The highest BCUT2D eigenvalue weighted by molar-refractivity contribution is 7.99. The number of hydrogen-bond donors (Lipinski definition) is 1. The van der Waals surface area contributed by atoms with Crippen LogP contribution in [-0.4, -0.2) is 5.91 Å². The summed E-state index contributed by atoms with van der Waals surface area (Å²) in [6.45, 7) is 2.10. The van der Waals surface area contributed by atoms with E-state index in [1.54, 1.807) is 11.8 Å². The number of carbonyl (C=O) groups is 1. The van der Waals surface area contributed by atoms with E-state index in [0.29, 0.717) is 5.56 Å². The minimum Gasteiger partial charge on any atom is -0.336 e. The second kappa shape index (κ2) is 8.32. The molecule has 4 aromatic carbocycles. The highest BCUT2D eigenvalue weighted by atomic mass is 32.2. The number of rotatable bonds is 5. The fraction of sp³-hybridized carbons (Fsp3) is 0.0800. The number of thioether (sulfide) groups is 1. The van der Waals surface area contributed by atoms with Crippen molar-refractivity contribution in [1.82, 2.24) is 5.32 Å². The molecule has 0 aliphatic rings. The number of fused-ring (bicyclic) bond motifs is 1. The summed E-state index contributed by atoms with van der Waals surface area (Å²) in [5.74, 6) is -0.0698. The van der Waals surface area contributed by atoms with Crippen molar-refractivity contribution in [3.8, 4) is 0 Å². The summed E-state index contributed by atoms with van der Waals surface area (Å²) in [6.07, 6.45) is 0. The molecule has 0 spiro atoms. The van der Waals surface area contributed by atoms with Gasteiger partial charge in [-0.05, 0) is 47.0 Å². The van der Waals surface area contributed by atoms with Crippen molar-refractivity contribution < 1.29 is 4.79 Å². The number of aryl methyl sites for hydroxylation is 1. The van der Waals surface area contributed by atoms with Gasteiger partial charge in [-0.25, -0.2) is 0 Å². The molecule has 0 bridgehead atoms. The molecule has 0 radical (unpaired) electrons. The molecule has 0 aliphatic heterocycles. The molecule has 138 valence electrons. The second-order valence-electron chi connectivity index (χ2n) is 6.67. The standard InChI is InChI=1S/C25H21NOS/c1-18-10-5-8-17-23(18)28-25(26-24(27)20-12-3-2-4-13-20)22-16-9-14-19-11-6-7-15-21(19)22/h2-17,25H,1H3,(H,26,27). The predicted molar refractivity (Wildman–Crippen MR) is 118 cm³/mol. The fourth-order valence-electron chi connectivity index (χ4n) is 3.26. The van der Waals surface area contributed by atoms with Crippen LogP contribution in [0.1, 0.15) is 26.9 Å². The molecule has 0 aromatic heterocycles. The quantitative estimate of drug-likeness (QED) is 0.320. The molecule has 1 amide bonds. The topological polar surface area (TPSA) is 29.1 Å². The predicted octanol–water partition coefficient (Wildman–Crippen LogP) is 6.37. The molecule has 2 nitrogen and oxygen atoms in total. The van der Waals surface area contributed by atoms with E-state index >= 15 is 0 Å². The van der Waals surface area contributed by atoms with Gasteiger partial charge < -0.3 is 5.32 Å². The number of benzene rings is 4. The maximum Gasteiger partial charge on any atom is 0.252 e. The van der Waals surface area contributed by atoms with Gasteiger partial charge in [0.1, 0.15) is 5.37 Å². The maximum absolute atomic E-state index is 12.9. The molecule has 0 saturated carbocycles. The fourth-order valence-corrected chi connectivity index (χ4v) is 4.42. The van der Waals surface area contributed by atoms with E-state index in [1.807, 2.05) is 54.6 Å². The first-order valence-electron chi connectivity index (χ1n) is 9.28. The molecular formula is C25H21NOS. The molecule has 1 N–H and O–H groups in total. The third-order valence-electron chi connectivity index (χ3n) is 4.74. The minimum atomic E-state index is -0.195. The van der Waals surface area contributed by atoms with Gasteiger partial charge in [-0.15, -0.1) is 0 Å². The van der Waals surface area contributed by atoms with Crippen molar-refractivity contribution in [2.75, 3.05) is 0 Å². The van der Waals surface area contributed by atoms with Crippen LogP contribution < -0.4 is 5.32 Å². The van der Waals surface area contributed by atoms with E-state index in [0.717, 1.165) is 15.8 Å². The van der Waals surface area contributed by atoms with Crippen molar-refractivity contribution in [3.63, 3.8) is 0 Å². The highest BCUT2D eigenvalue weighted by Crippen LogP contribution is 2.38. The molecule has 1 atom stereocenters. The summed E-state index contributed by atoms with van der Waals surface area (Å²) in [5.41, 5.74) is 2.97. The zero-order valence-corrected chi connectivity index (χ0v) is 16.4. The maximum atomic E-state index is 12.9. The average molecular weight is 384 g/mol. The van der Waals surface area contributed by atoms with Gasteiger partial charge in [0.15, 0.2) is 0 Å². The molecule has 28 heavy (non-hydrogen) atoms. The lowest BCUT2D eigenvalue weighted by Gasteiger charge is -2.21. The van der Waals surface area contributed by atoms with Crippen LogP contribution in [0.2, 0.25) is 0 Å². The Morgan fingerprint density at radius 2 is 1.46 bits per heavy atom. The Morgan fingerprint density at radius 3 is 2.29 bits per heavy atom. The van der Waals surface area contributed by atoms with Gasteiger partial charge in [0, 0.05) is 10.5 Å². The van der Waals surface area contributed by atoms with E-state index in [9.17, 15) is 4.79 Å². The van der Waals surface area contributed by atoms with Crippen LogP contribution in [0, 0.1) is 6.92 Å². The zero-order valence-electron chi connectivity index (χ0n) is 15.6. The van der Waals surface area contributed by atoms with Crippen LogP contribution in [0.25, 0.3) is 10.8 Å². The van der Waals surface area contributed by atoms with Gasteiger partial charge in [-0.3, -0.25) is 4.79 Å². The van der Waals surface area contributed by atoms with Gasteiger partial charge in [0.05, 0.1) is 0 Å². The third-order valence-corrected chi connectivity index (χ3v) is 6.06. The van der Waals surface area contributed by atoms with Crippen molar-refractivity contribution in [1.29, 1.82) is 0 Å². The summed E-state index contributed by atoms with van der Waals surface area (Å²) in [7, 11) is 0. The SMILES string of the molecule is Cc1ccccc1SC(NC(=O)c1ccccc1)c1cccc2ccccc12. The van der Waals surface area contributed by atoms with E-state index in [2.05, 4.69) is 54.7 Å². The Hall–Kier alpha value is -3.04. The van der Waals surface area contributed by atoms with Gasteiger partial charge in [0.2, 0.25) is 0 Å². The molecule has 4 rings (SSSR count). The summed E-state index contributed by atoms with van der Waals surface area (Å²) < 4.78 is 0. The average Bonchev–Trinajstić information content (AvgIpc) is 2.75. The normalized spacial score (nSPS) is 11.9. The summed E-state index contributed by atoms with van der Waals surface area (Å²) >= 11 is 1.67. The Kier molecular flexibility index (Phi) is 5.45. The second-order valence-corrected chi connectivity index (χ2v) is 7.82. The van der Waals surface area contributed by atoms with Gasteiger partial charge in [0.25, 0.3) is 5.91 Å². The zero-order chi connectivity index (χ0) is 19.3. The molecular weight excluding hydrogens is 362 g/mol. The van der Waals surface area contributed by atoms with Gasteiger partial charge in [-0.2, -0.15) is 0 Å². The lowest BCUT2D eigenvalue weighted by molar-refractivity contribution is 0.0950. The number of carbonyl (C=O) groups excluding carboxylic acids is 1. The Bertz CT molecular complexity index is 1100. The van der Waals surface area contributed by atoms with E-state index in [1.165, 1.54) is 10.9 Å². The summed E-state index contributed by atoms with van der Waals surface area (Å²) in [5, 5.41) is 5.37. The van der Waals surface area contributed by atoms with Gasteiger partial charge >= 0.3 is 0 Å². The number of hydrogen-bond acceptors (Lipinski definition) is 2. The molecule has 4 aromatic rings. The van der Waals surface area contributed by atoms with Crippen molar-refractivity contribution >= 4 is 28.4 Å². The Balaban J connectivity index is 1.74. The summed E-state index contributed by atoms with van der Waals surface area (Å²) in [4.78, 5) is 14.1. The summed E-state index contributed by atoms with van der Waals surface area (Å²) in [6, 6.07) is 32.2. The lowest BCUT2D eigenvalue weighted by Crippen LogP contribution is -2.26. The van der Waals surface area contributed by atoms with Crippen LogP contribution in [0.4, 0.5) is 0 Å². The Labute approximate surface area is 169 Å². The molecule has 0 fully saturated rings. The van der Waals surface area contributed by atoms with Crippen molar-refractivity contribution in [3.05, 3.63) is 114 Å². The molecule has 3 heteroatoms. The molecule has 0 saturated heterocycles. The van der Waals surface area contributed by atoms with E-state index < -0.39 is 0 Å². The van der Waals surface area contributed by atoms with Crippen LogP contribution in [-0.2, 0) is 0 Å². The lowest BCUT2D eigenvalue weighted by atomic mass is 10.0. The van der Waals surface area contributed by atoms with Crippen LogP contribution >= 0.6 is 11.8 Å². The third kappa shape index (κ3) is 3.95.